The van der Waals surface area contributed by atoms with Gasteiger partial charge >= 0.3 is 22.5 Å². The third-order valence-corrected chi connectivity index (χ3v) is 3.98. The summed E-state index contributed by atoms with van der Waals surface area (Å²) in [6.45, 7) is 5.33. The van der Waals surface area contributed by atoms with E-state index in [4.69, 9.17) is 14.0 Å². The highest BCUT2D eigenvalue weighted by atomic mass is 32.2. The molecular weight excluding hydrogens is 402 g/mol. The zero-order valence-electron chi connectivity index (χ0n) is 16.8. The van der Waals surface area contributed by atoms with Crippen LogP contribution in [0.4, 0.5) is 9.59 Å². The number of ether oxygens (including phenoxy) is 2. The SMILES string of the molecule is CC(C)(C)OC(=O)NCCC[C@@H](CNS(=O)(=O)O)NC(=O)OCc1ccccc1. The molecule has 0 aliphatic heterocycles. The molecule has 0 aliphatic carbocycles. The predicted octanol–water partition coefficient (Wildman–Crippen LogP) is 1.98. The minimum Gasteiger partial charge on any atom is -0.445 e. The van der Waals surface area contributed by atoms with Gasteiger partial charge in [0, 0.05) is 19.1 Å². The van der Waals surface area contributed by atoms with Crippen LogP contribution >= 0.6 is 0 Å². The normalized spacial score (nSPS) is 12.7. The second-order valence-electron chi connectivity index (χ2n) is 7.30. The summed E-state index contributed by atoms with van der Waals surface area (Å²) in [4.78, 5) is 23.6. The lowest BCUT2D eigenvalue weighted by Crippen LogP contribution is -2.44. The Labute approximate surface area is 171 Å². The molecule has 0 aromatic heterocycles. The van der Waals surface area contributed by atoms with Crippen LogP contribution in [0.15, 0.2) is 30.3 Å². The summed E-state index contributed by atoms with van der Waals surface area (Å²) in [5.74, 6) is 0. The largest absolute Gasteiger partial charge is 0.445 e. The van der Waals surface area contributed by atoms with Crippen molar-refractivity contribution in [2.75, 3.05) is 13.1 Å². The van der Waals surface area contributed by atoms with Crippen molar-refractivity contribution in [2.24, 2.45) is 0 Å². The highest BCUT2D eigenvalue weighted by Crippen LogP contribution is 2.07. The van der Waals surface area contributed by atoms with Crippen molar-refractivity contribution in [1.29, 1.82) is 0 Å². The molecule has 0 saturated carbocycles. The molecule has 1 aromatic carbocycles. The van der Waals surface area contributed by atoms with E-state index >= 15 is 0 Å². The molecule has 0 saturated heterocycles. The molecule has 164 valence electrons. The molecule has 29 heavy (non-hydrogen) atoms. The van der Waals surface area contributed by atoms with E-state index in [0.717, 1.165) is 5.56 Å². The lowest BCUT2D eigenvalue weighted by atomic mass is 10.1. The van der Waals surface area contributed by atoms with Crippen LogP contribution in [0.1, 0.15) is 39.2 Å². The van der Waals surface area contributed by atoms with E-state index in [1.54, 1.807) is 32.9 Å². The van der Waals surface area contributed by atoms with Gasteiger partial charge in [-0.1, -0.05) is 30.3 Å². The first kappa shape index (κ1) is 24.7. The molecule has 2 amide bonds. The van der Waals surface area contributed by atoms with E-state index in [0.29, 0.717) is 12.8 Å². The molecule has 10 nitrogen and oxygen atoms in total. The van der Waals surface area contributed by atoms with Crippen LogP contribution in [-0.4, -0.2) is 49.9 Å². The van der Waals surface area contributed by atoms with Crippen molar-refractivity contribution in [2.45, 2.75) is 51.9 Å². The smallest absolute Gasteiger partial charge is 0.407 e. The molecule has 0 bridgehead atoms. The molecule has 0 aliphatic rings. The van der Waals surface area contributed by atoms with E-state index in [1.165, 1.54) is 0 Å². The minimum absolute atomic E-state index is 0.0608. The maximum absolute atomic E-state index is 12.0. The minimum atomic E-state index is -4.41. The standard InChI is InChI=1S/C18H29N3O7S/c1-18(2,3)28-16(22)19-11-7-10-15(12-20-29(24,25)26)21-17(23)27-13-14-8-5-4-6-9-14/h4-6,8-9,15,20H,7,10-13H2,1-3H3,(H,19,22)(H,21,23)(H,24,25,26)/t15-/m0/s1. The quantitative estimate of drug-likeness (QED) is 0.328. The fourth-order valence-corrected chi connectivity index (χ4v) is 2.63. The number of hydrogen-bond donors (Lipinski definition) is 4. The van der Waals surface area contributed by atoms with E-state index in [-0.39, 0.29) is 19.7 Å². The Hall–Kier alpha value is -2.37. The van der Waals surface area contributed by atoms with Crippen molar-refractivity contribution >= 4 is 22.5 Å². The van der Waals surface area contributed by atoms with E-state index in [1.807, 2.05) is 22.9 Å². The average molecular weight is 432 g/mol. The van der Waals surface area contributed by atoms with Crippen molar-refractivity contribution in [1.82, 2.24) is 15.4 Å². The Kier molecular flexibility index (Phi) is 9.86. The molecular formula is C18H29N3O7S. The van der Waals surface area contributed by atoms with Gasteiger partial charge in [-0.05, 0) is 39.2 Å². The molecule has 1 rings (SSSR count). The fraction of sp³-hybridized carbons (Fsp3) is 0.556. The van der Waals surface area contributed by atoms with Crippen molar-refractivity contribution in [3.63, 3.8) is 0 Å². The van der Waals surface area contributed by atoms with Crippen molar-refractivity contribution in [3.8, 4) is 0 Å². The van der Waals surface area contributed by atoms with E-state index in [2.05, 4.69) is 10.6 Å². The molecule has 0 heterocycles. The van der Waals surface area contributed by atoms with Gasteiger partial charge in [0.15, 0.2) is 0 Å². The Morgan fingerprint density at radius 2 is 1.79 bits per heavy atom. The summed E-state index contributed by atoms with van der Waals surface area (Å²) >= 11 is 0. The molecule has 4 N–H and O–H groups in total. The summed E-state index contributed by atoms with van der Waals surface area (Å²) in [5.41, 5.74) is 0.188. The van der Waals surface area contributed by atoms with Crippen LogP contribution < -0.4 is 15.4 Å². The van der Waals surface area contributed by atoms with Crippen LogP contribution in [0.25, 0.3) is 0 Å². The third-order valence-electron chi connectivity index (χ3n) is 3.44. The fourth-order valence-electron chi connectivity index (χ4n) is 2.22. The molecule has 0 radical (unpaired) electrons. The van der Waals surface area contributed by atoms with E-state index in [9.17, 15) is 18.0 Å². The zero-order chi connectivity index (χ0) is 21.9. The van der Waals surface area contributed by atoms with Gasteiger partial charge < -0.3 is 20.1 Å². The molecule has 0 fully saturated rings. The van der Waals surface area contributed by atoms with Gasteiger partial charge in [0.2, 0.25) is 0 Å². The number of benzene rings is 1. The van der Waals surface area contributed by atoms with E-state index < -0.39 is 34.1 Å². The zero-order valence-corrected chi connectivity index (χ0v) is 17.6. The number of carbonyl (C=O) groups is 2. The Bertz CT molecular complexity index is 748. The van der Waals surface area contributed by atoms with Gasteiger partial charge in [0.25, 0.3) is 0 Å². The topological polar surface area (TPSA) is 143 Å². The first-order valence-corrected chi connectivity index (χ1v) is 10.5. The third kappa shape index (κ3) is 13.4. The Balaban J connectivity index is 2.46. The van der Waals surface area contributed by atoms with Gasteiger partial charge in [0.05, 0.1) is 0 Å². The Morgan fingerprint density at radius 3 is 2.38 bits per heavy atom. The van der Waals surface area contributed by atoms with Crippen LogP contribution in [0.2, 0.25) is 0 Å². The average Bonchev–Trinajstić information content (AvgIpc) is 2.60. The summed E-state index contributed by atoms with van der Waals surface area (Å²) in [6.07, 6.45) is -0.550. The van der Waals surface area contributed by atoms with Gasteiger partial charge in [-0.15, -0.1) is 0 Å². The van der Waals surface area contributed by atoms with Crippen molar-refractivity contribution < 1.29 is 32.0 Å². The number of nitrogens with one attached hydrogen (secondary N) is 3. The van der Waals surface area contributed by atoms with Crippen LogP contribution in [0.5, 0.6) is 0 Å². The number of alkyl carbamates (subject to hydrolysis) is 2. The predicted molar refractivity (Wildman–Crippen MR) is 107 cm³/mol. The first-order chi connectivity index (χ1) is 13.4. The Morgan fingerprint density at radius 1 is 1.14 bits per heavy atom. The maximum atomic E-state index is 12.0. The molecule has 1 atom stereocenters. The lowest BCUT2D eigenvalue weighted by Gasteiger charge is -2.20. The number of amides is 2. The second kappa shape index (κ2) is 11.6. The summed E-state index contributed by atoms with van der Waals surface area (Å²) in [5, 5.41) is 5.12. The highest BCUT2D eigenvalue weighted by molar-refractivity contribution is 7.83. The summed E-state index contributed by atoms with van der Waals surface area (Å²) in [6, 6.07) is 8.41. The summed E-state index contributed by atoms with van der Waals surface area (Å²) < 4.78 is 42.8. The van der Waals surface area contributed by atoms with Crippen molar-refractivity contribution in [3.05, 3.63) is 35.9 Å². The summed E-state index contributed by atoms with van der Waals surface area (Å²) in [7, 11) is -4.41. The maximum Gasteiger partial charge on any atom is 0.407 e. The van der Waals surface area contributed by atoms with Crippen LogP contribution in [0, 0.1) is 0 Å². The number of hydrogen-bond acceptors (Lipinski definition) is 6. The molecule has 1 aromatic rings. The monoisotopic (exact) mass is 431 g/mol. The number of rotatable bonds is 10. The first-order valence-electron chi connectivity index (χ1n) is 9.11. The highest BCUT2D eigenvalue weighted by Gasteiger charge is 2.18. The van der Waals surface area contributed by atoms with Gasteiger partial charge in [-0.3, -0.25) is 4.55 Å². The molecule has 11 heteroatoms. The second-order valence-corrected chi connectivity index (χ2v) is 8.54. The number of carbonyl (C=O) groups excluding carboxylic acids is 2. The van der Waals surface area contributed by atoms with Gasteiger partial charge in [0.1, 0.15) is 12.2 Å². The van der Waals surface area contributed by atoms with Gasteiger partial charge in [-0.25, -0.2) is 9.59 Å². The van der Waals surface area contributed by atoms with Crippen LogP contribution in [-0.2, 0) is 26.4 Å². The van der Waals surface area contributed by atoms with Crippen LogP contribution in [0.3, 0.4) is 0 Å². The lowest BCUT2D eigenvalue weighted by molar-refractivity contribution is 0.0526. The molecule has 0 spiro atoms. The van der Waals surface area contributed by atoms with Gasteiger partial charge in [-0.2, -0.15) is 13.1 Å². The molecule has 0 unspecified atom stereocenters.